The van der Waals surface area contributed by atoms with Crippen molar-refractivity contribution < 1.29 is 4.74 Å². The molecule has 0 N–H and O–H groups in total. The minimum atomic E-state index is 0.552. The highest BCUT2D eigenvalue weighted by molar-refractivity contribution is 4.75. The SMILES string of the molecule is CC1CCCC(OC2CCN(C)CC2)C1. The maximum Gasteiger partial charge on any atom is 0.0603 e. The van der Waals surface area contributed by atoms with E-state index in [-0.39, 0.29) is 0 Å². The second kappa shape index (κ2) is 5.31. The molecule has 0 amide bonds. The van der Waals surface area contributed by atoms with Gasteiger partial charge in [-0.05, 0) is 38.6 Å². The molecule has 88 valence electrons. The molecule has 0 spiro atoms. The predicted octanol–water partition coefficient (Wildman–Crippen LogP) is 2.68. The molecule has 2 atom stereocenters. The Kier molecular flexibility index (Phi) is 4.04. The first kappa shape index (κ1) is 11.4. The van der Waals surface area contributed by atoms with E-state index in [4.69, 9.17) is 4.74 Å². The van der Waals surface area contributed by atoms with E-state index in [9.17, 15) is 0 Å². The van der Waals surface area contributed by atoms with Crippen molar-refractivity contribution in [2.45, 2.75) is 57.7 Å². The summed E-state index contributed by atoms with van der Waals surface area (Å²) in [6.07, 6.45) is 8.98. The number of hydrogen-bond acceptors (Lipinski definition) is 2. The van der Waals surface area contributed by atoms with Crippen LogP contribution in [-0.4, -0.2) is 37.2 Å². The minimum absolute atomic E-state index is 0.552. The summed E-state index contributed by atoms with van der Waals surface area (Å²) in [5.41, 5.74) is 0. The van der Waals surface area contributed by atoms with Gasteiger partial charge in [0.25, 0.3) is 0 Å². The summed E-state index contributed by atoms with van der Waals surface area (Å²) < 4.78 is 6.22. The summed E-state index contributed by atoms with van der Waals surface area (Å²) in [5.74, 6) is 0.884. The monoisotopic (exact) mass is 211 g/mol. The molecule has 2 nitrogen and oxygen atoms in total. The second-order valence-corrected chi connectivity index (χ2v) is 5.53. The van der Waals surface area contributed by atoms with Gasteiger partial charge in [0.15, 0.2) is 0 Å². The molecule has 1 saturated heterocycles. The Bertz CT molecular complexity index is 187. The van der Waals surface area contributed by atoms with Crippen LogP contribution >= 0.6 is 0 Å². The molecule has 0 bridgehead atoms. The molecule has 0 aromatic carbocycles. The van der Waals surface area contributed by atoms with Crippen LogP contribution in [0.3, 0.4) is 0 Å². The van der Waals surface area contributed by atoms with Gasteiger partial charge in [0.1, 0.15) is 0 Å². The Labute approximate surface area is 94.0 Å². The number of hydrogen-bond donors (Lipinski definition) is 0. The third-order valence-electron chi connectivity index (χ3n) is 3.94. The van der Waals surface area contributed by atoms with E-state index in [1.165, 1.54) is 51.6 Å². The lowest BCUT2D eigenvalue weighted by Crippen LogP contribution is -2.37. The molecule has 1 heterocycles. The fraction of sp³-hybridized carbons (Fsp3) is 1.00. The molecule has 1 aliphatic heterocycles. The number of likely N-dealkylation sites (tertiary alicyclic amines) is 1. The molecule has 1 saturated carbocycles. The normalized spacial score (nSPS) is 35.6. The highest BCUT2D eigenvalue weighted by Gasteiger charge is 2.24. The maximum absolute atomic E-state index is 6.22. The number of piperidine rings is 1. The van der Waals surface area contributed by atoms with Crippen LogP contribution in [0.1, 0.15) is 45.4 Å². The molecule has 0 radical (unpaired) electrons. The van der Waals surface area contributed by atoms with Crippen LogP contribution in [0, 0.1) is 5.92 Å². The fourth-order valence-corrected chi connectivity index (χ4v) is 2.90. The van der Waals surface area contributed by atoms with E-state index < -0.39 is 0 Å². The Morgan fingerprint density at radius 1 is 1.00 bits per heavy atom. The van der Waals surface area contributed by atoms with Crippen LogP contribution in [0.15, 0.2) is 0 Å². The lowest BCUT2D eigenvalue weighted by Gasteiger charge is -2.34. The topological polar surface area (TPSA) is 12.5 Å². The molecule has 2 aliphatic rings. The largest absolute Gasteiger partial charge is 0.375 e. The van der Waals surface area contributed by atoms with Crippen LogP contribution in [0.2, 0.25) is 0 Å². The van der Waals surface area contributed by atoms with Gasteiger partial charge in [-0.3, -0.25) is 0 Å². The van der Waals surface area contributed by atoms with Gasteiger partial charge < -0.3 is 9.64 Å². The highest BCUT2D eigenvalue weighted by atomic mass is 16.5. The second-order valence-electron chi connectivity index (χ2n) is 5.53. The van der Waals surface area contributed by atoms with Crippen LogP contribution < -0.4 is 0 Å². The molecular weight excluding hydrogens is 186 g/mol. The van der Waals surface area contributed by atoms with Crippen molar-refractivity contribution in [1.82, 2.24) is 4.90 Å². The molecule has 2 fully saturated rings. The summed E-state index contributed by atoms with van der Waals surface area (Å²) >= 11 is 0. The third-order valence-corrected chi connectivity index (χ3v) is 3.94. The summed E-state index contributed by atoms with van der Waals surface area (Å²) in [5, 5.41) is 0. The average Bonchev–Trinajstić information content (AvgIpc) is 2.22. The fourth-order valence-electron chi connectivity index (χ4n) is 2.90. The van der Waals surface area contributed by atoms with Gasteiger partial charge in [0, 0.05) is 13.1 Å². The van der Waals surface area contributed by atoms with Crippen LogP contribution in [0.5, 0.6) is 0 Å². The van der Waals surface area contributed by atoms with Gasteiger partial charge in [-0.25, -0.2) is 0 Å². The molecule has 0 aromatic heterocycles. The third kappa shape index (κ3) is 3.46. The van der Waals surface area contributed by atoms with Crippen molar-refractivity contribution in [3.63, 3.8) is 0 Å². The summed E-state index contributed by atoms with van der Waals surface area (Å²) in [6.45, 7) is 4.80. The van der Waals surface area contributed by atoms with E-state index in [0.717, 1.165) is 5.92 Å². The van der Waals surface area contributed by atoms with Gasteiger partial charge >= 0.3 is 0 Å². The number of nitrogens with zero attached hydrogens (tertiary/aromatic N) is 1. The van der Waals surface area contributed by atoms with Crippen molar-refractivity contribution in [2.75, 3.05) is 20.1 Å². The van der Waals surface area contributed by atoms with Crippen LogP contribution in [0.25, 0.3) is 0 Å². The highest BCUT2D eigenvalue weighted by Crippen LogP contribution is 2.28. The first-order valence-corrected chi connectivity index (χ1v) is 6.58. The van der Waals surface area contributed by atoms with Gasteiger partial charge in [-0.15, -0.1) is 0 Å². The van der Waals surface area contributed by atoms with Crippen molar-refractivity contribution in [1.29, 1.82) is 0 Å². The van der Waals surface area contributed by atoms with Crippen LogP contribution in [-0.2, 0) is 4.74 Å². The van der Waals surface area contributed by atoms with Gasteiger partial charge in [0.05, 0.1) is 12.2 Å². The van der Waals surface area contributed by atoms with E-state index in [0.29, 0.717) is 12.2 Å². The smallest absolute Gasteiger partial charge is 0.0603 e. The number of ether oxygens (including phenoxy) is 1. The predicted molar refractivity (Wildman–Crippen MR) is 63.0 cm³/mol. The zero-order chi connectivity index (χ0) is 10.7. The first-order chi connectivity index (χ1) is 7.24. The molecule has 2 heteroatoms. The van der Waals surface area contributed by atoms with Crippen molar-refractivity contribution in [3.8, 4) is 0 Å². The Balaban J connectivity index is 1.71. The zero-order valence-corrected chi connectivity index (χ0v) is 10.2. The van der Waals surface area contributed by atoms with E-state index in [2.05, 4.69) is 18.9 Å². The Morgan fingerprint density at radius 2 is 1.73 bits per heavy atom. The quantitative estimate of drug-likeness (QED) is 0.696. The van der Waals surface area contributed by atoms with Gasteiger partial charge in [-0.1, -0.05) is 19.8 Å². The standard InChI is InChI=1S/C13H25NO/c1-11-4-3-5-13(10-11)15-12-6-8-14(2)9-7-12/h11-13H,3-10H2,1-2H3. The molecule has 2 rings (SSSR count). The summed E-state index contributed by atoms with van der Waals surface area (Å²) in [7, 11) is 2.21. The first-order valence-electron chi connectivity index (χ1n) is 6.58. The van der Waals surface area contributed by atoms with Crippen molar-refractivity contribution >= 4 is 0 Å². The lowest BCUT2D eigenvalue weighted by atomic mass is 9.88. The Morgan fingerprint density at radius 3 is 2.40 bits per heavy atom. The lowest BCUT2D eigenvalue weighted by molar-refractivity contribution is -0.0603. The van der Waals surface area contributed by atoms with Crippen molar-refractivity contribution in [2.24, 2.45) is 5.92 Å². The Hall–Kier alpha value is -0.0800. The molecule has 15 heavy (non-hydrogen) atoms. The molecule has 2 unspecified atom stereocenters. The number of rotatable bonds is 2. The maximum atomic E-state index is 6.22. The van der Waals surface area contributed by atoms with E-state index in [1.54, 1.807) is 0 Å². The van der Waals surface area contributed by atoms with Crippen LogP contribution in [0.4, 0.5) is 0 Å². The summed E-state index contributed by atoms with van der Waals surface area (Å²) in [6, 6.07) is 0. The zero-order valence-electron chi connectivity index (χ0n) is 10.2. The van der Waals surface area contributed by atoms with Gasteiger partial charge in [-0.2, -0.15) is 0 Å². The molecule has 1 aliphatic carbocycles. The van der Waals surface area contributed by atoms with E-state index >= 15 is 0 Å². The van der Waals surface area contributed by atoms with Gasteiger partial charge in [0.2, 0.25) is 0 Å². The molecule has 0 aromatic rings. The minimum Gasteiger partial charge on any atom is -0.375 e. The summed E-state index contributed by atoms with van der Waals surface area (Å²) in [4.78, 5) is 2.41. The van der Waals surface area contributed by atoms with Crippen molar-refractivity contribution in [3.05, 3.63) is 0 Å². The van der Waals surface area contributed by atoms with E-state index in [1.807, 2.05) is 0 Å². The molecular formula is C13H25NO. The average molecular weight is 211 g/mol.